The van der Waals surface area contributed by atoms with Gasteiger partial charge in [-0.25, -0.2) is 4.39 Å². The quantitative estimate of drug-likeness (QED) is 0.787. The van der Waals surface area contributed by atoms with Crippen molar-refractivity contribution in [3.8, 4) is 0 Å². The maximum atomic E-state index is 13.3. The first kappa shape index (κ1) is 11.1. The lowest BCUT2D eigenvalue weighted by Crippen LogP contribution is -2.09. The largest absolute Gasteiger partial charge is 0.330 e. The van der Waals surface area contributed by atoms with Crippen molar-refractivity contribution in [1.82, 2.24) is 0 Å². The van der Waals surface area contributed by atoms with E-state index >= 15 is 0 Å². The van der Waals surface area contributed by atoms with Gasteiger partial charge in [-0.05, 0) is 25.1 Å². The van der Waals surface area contributed by atoms with Crippen molar-refractivity contribution in [2.75, 3.05) is 6.54 Å². The second-order valence-electron chi connectivity index (χ2n) is 3.02. The zero-order chi connectivity index (χ0) is 10.7. The third-order valence-electron chi connectivity index (χ3n) is 1.95. The van der Waals surface area contributed by atoms with Gasteiger partial charge in [0.05, 0.1) is 5.02 Å². The topological polar surface area (TPSA) is 43.1 Å². The fraction of sp³-hybridized carbons (Fsp3) is 0.300. The van der Waals surface area contributed by atoms with E-state index in [0.717, 1.165) is 0 Å². The van der Waals surface area contributed by atoms with Crippen molar-refractivity contribution in [2.45, 2.75) is 13.3 Å². The van der Waals surface area contributed by atoms with Gasteiger partial charge in [0.1, 0.15) is 5.82 Å². The lowest BCUT2D eigenvalue weighted by molar-refractivity contribution is 0.0985. The second-order valence-corrected chi connectivity index (χ2v) is 3.40. The molecule has 0 aliphatic heterocycles. The third kappa shape index (κ3) is 2.11. The molecule has 2 N–H and O–H groups in total. The molecule has 0 saturated carbocycles. The van der Waals surface area contributed by atoms with Gasteiger partial charge in [-0.3, -0.25) is 4.79 Å². The summed E-state index contributed by atoms with van der Waals surface area (Å²) in [6.45, 7) is 1.84. The van der Waals surface area contributed by atoms with Crippen LogP contribution in [-0.2, 0) is 0 Å². The number of hydrogen-bond acceptors (Lipinski definition) is 2. The van der Waals surface area contributed by atoms with Crippen molar-refractivity contribution >= 4 is 17.4 Å². The summed E-state index contributed by atoms with van der Waals surface area (Å²) < 4.78 is 13.3. The van der Waals surface area contributed by atoms with Crippen LogP contribution in [0.4, 0.5) is 4.39 Å². The number of hydrogen-bond donors (Lipinski definition) is 1. The van der Waals surface area contributed by atoms with Crippen molar-refractivity contribution in [2.24, 2.45) is 5.73 Å². The lowest BCUT2D eigenvalue weighted by atomic mass is 10.1. The maximum absolute atomic E-state index is 13.3. The molecule has 0 unspecified atom stereocenters. The highest BCUT2D eigenvalue weighted by Gasteiger charge is 2.14. The molecule has 0 aliphatic carbocycles. The molecule has 0 fully saturated rings. The Morgan fingerprint density at radius 3 is 2.79 bits per heavy atom. The van der Waals surface area contributed by atoms with E-state index in [-0.39, 0.29) is 29.3 Å². The molecule has 0 bridgehead atoms. The Kier molecular flexibility index (Phi) is 3.61. The first-order valence-corrected chi connectivity index (χ1v) is 4.63. The van der Waals surface area contributed by atoms with Crippen LogP contribution in [-0.4, -0.2) is 12.3 Å². The van der Waals surface area contributed by atoms with Crippen LogP contribution >= 0.6 is 11.6 Å². The molecule has 2 nitrogen and oxygen atoms in total. The number of rotatable bonds is 3. The van der Waals surface area contributed by atoms with Gasteiger partial charge in [0.25, 0.3) is 0 Å². The van der Waals surface area contributed by atoms with Gasteiger partial charge >= 0.3 is 0 Å². The molecule has 1 rings (SSSR count). The fourth-order valence-electron chi connectivity index (χ4n) is 1.13. The number of halogens is 2. The van der Waals surface area contributed by atoms with Gasteiger partial charge in [0.15, 0.2) is 5.78 Å². The maximum Gasteiger partial charge on any atom is 0.165 e. The zero-order valence-electron chi connectivity index (χ0n) is 7.81. The fourth-order valence-corrected chi connectivity index (χ4v) is 1.44. The number of carbonyl (C=O) groups excluding carboxylic acids is 1. The van der Waals surface area contributed by atoms with Crippen LogP contribution < -0.4 is 5.73 Å². The third-order valence-corrected chi connectivity index (χ3v) is 2.32. The number of Topliss-reactive ketones (excluding diaryl/α,β-unsaturated/α-hetero) is 1. The molecule has 4 heteroatoms. The van der Waals surface area contributed by atoms with Crippen LogP contribution in [0.15, 0.2) is 12.1 Å². The Morgan fingerprint density at radius 1 is 1.57 bits per heavy atom. The lowest BCUT2D eigenvalue weighted by Gasteiger charge is -2.05. The predicted molar refractivity (Wildman–Crippen MR) is 54.1 cm³/mol. The van der Waals surface area contributed by atoms with E-state index in [9.17, 15) is 9.18 Å². The highest BCUT2D eigenvalue weighted by Crippen LogP contribution is 2.23. The van der Waals surface area contributed by atoms with E-state index in [4.69, 9.17) is 17.3 Å². The summed E-state index contributed by atoms with van der Waals surface area (Å²) in [4.78, 5) is 11.4. The highest BCUT2D eigenvalue weighted by molar-refractivity contribution is 6.34. The summed E-state index contributed by atoms with van der Waals surface area (Å²) >= 11 is 5.69. The van der Waals surface area contributed by atoms with Crippen molar-refractivity contribution < 1.29 is 9.18 Å². The Morgan fingerprint density at radius 2 is 2.21 bits per heavy atom. The van der Waals surface area contributed by atoms with Crippen LogP contribution in [0, 0.1) is 12.7 Å². The van der Waals surface area contributed by atoms with Gasteiger partial charge in [-0.15, -0.1) is 0 Å². The first-order chi connectivity index (χ1) is 6.57. The number of carbonyl (C=O) groups is 1. The minimum Gasteiger partial charge on any atom is -0.330 e. The van der Waals surface area contributed by atoms with Crippen LogP contribution in [0.5, 0.6) is 0 Å². The Balaban J connectivity index is 3.11. The SMILES string of the molecule is Cc1ccc(C(=O)CCN)c(Cl)c1F. The first-order valence-electron chi connectivity index (χ1n) is 4.25. The van der Waals surface area contributed by atoms with Crippen molar-refractivity contribution in [1.29, 1.82) is 0 Å². The molecule has 0 aliphatic rings. The molecule has 1 aromatic carbocycles. The van der Waals surface area contributed by atoms with Gasteiger partial charge in [0.2, 0.25) is 0 Å². The minimum absolute atomic E-state index is 0.108. The molecule has 0 spiro atoms. The molecular formula is C10H11ClFNO. The van der Waals surface area contributed by atoms with E-state index in [1.165, 1.54) is 12.1 Å². The summed E-state index contributed by atoms with van der Waals surface area (Å²) in [6, 6.07) is 3.06. The molecule has 0 aromatic heterocycles. The van der Waals surface area contributed by atoms with Gasteiger partial charge in [0, 0.05) is 12.0 Å². The smallest absolute Gasteiger partial charge is 0.165 e. The van der Waals surface area contributed by atoms with Crippen LogP contribution in [0.2, 0.25) is 5.02 Å². The van der Waals surface area contributed by atoms with Crippen LogP contribution in [0.25, 0.3) is 0 Å². The number of ketones is 1. The molecule has 0 saturated heterocycles. The van der Waals surface area contributed by atoms with Crippen LogP contribution in [0.1, 0.15) is 22.3 Å². The summed E-state index contributed by atoms with van der Waals surface area (Å²) in [5.41, 5.74) is 5.87. The molecule has 76 valence electrons. The van der Waals surface area contributed by atoms with E-state index in [0.29, 0.717) is 5.56 Å². The normalized spacial score (nSPS) is 10.3. The Hall–Kier alpha value is -0.930. The summed E-state index contributed by atoms with van der Waals surface area (Å²) in [6.07, 6.45) is 0.183. The molecule has 0 heterocycles. The standard InChI is InChI=1S/C10H11ClFNO/c1-6-2-3-7(8(14)4-5-13)9(11)10(6)12/h2-3H,4-5,13H2,1H3. The molecule has 0 atom stereocenters. The van der Waals surface area contributed by atoms with Gasteiger partial charge in [-0.1, -0.05) is 17.7 Å². The van der Waals surface area contributed by atoms with Crippen molar-refractivity contribution in [3.63, 3.8) is 0 Å². The molecule has 0 radical (unpaired) electrons. The van der Waals surface area contributed by atoms with E-state index in [1.54, 1.807) is 6.92 Å². The Bertz CT molecular complexity index is 365. The number of nitrogens with two attached hydrogens (primary N) is 1. The molecular weight excluding hydrogens is 205 g/mol. The van der Waals surface area contributed by atoms with Gasteiger partial charge in [-0.2, -0.15) is 0 Å². The molecule has 14 heavy (non-hydrogen) atoms. The number of benzene rings is 1. The van der Waals surface area contributed by atoms with Crippen molar-refractivity contribution in [3.05, 3.63) is 34.1 Å². The van der Waals surface area contributed by atoms with E-state index < -0.39 is 5.82 Å². The van der Waals surface area contributed by atoms with Gasteiger partial charge < -0.3 is 5.73 Å². The average molecular weight is 216 g/mol. The second kappa shape index (κ2) is 4.53. The van der Waals surface area contributed by atoms with E-state index in [2.05, 4.69) is 0 Å². The Labute approximate surface area is 86.9 Å². The monoisotopic (exact) mass is 215 g/mol. The van der Waals surface area contributed by atoms with E-state index in [1.807, 2.05) is 0 Å². The summed E-state index contributed by atoms with van der Waals surface area (Å²) in [5.74, 6) is -0.758. The predicted octanol–water partition coefficient (Wildman–Crippen LogP) is 2.32. The summed E-state index contributed by atoms with van der Waals surface area (Å²) in [5, 5.41) is -0.108. The van der Waals surface area contributed by atoms with Crippen LogP contribution in [0.3, 0.4) is 0 Å². The minimum atomic E-state index is -0.533. The zero-order valence-corrected chi connectivity index (χ0v) is 8.57. The summed E-state index contributed by atoms with van der Waals surface area (Å²) in [7, 11) is 0. The highest BCUT2D eigenvalue weighted by atomic mass is 35.5. The molecule has 0 amide bonds. The molecule has 1 aromatic rings. The number of aryl methyl sites for hydroxylation is 1. The average Bonchev–Trinajstić information content (AvgIpc) is 2.15.